The van der Waals surface area contributed by atoms with E-state index < -0.39 is 17.6 Å². The number of ether oxygens (including phenoxy) is 1. The van der Waals surface area contributed by atoms with Gasteiger partial charge in [-0.25, -0.2) is 9.86 Å². The van der Waals surface area contributed by atoms with Gasteiger partial charge < -0.3 is 4.74 Å². The van der Waals surface area contributed by atoms with Gasteiger partial charge in [-0.3, -0.25) is 9.63 Å². The molecular weight excluding hydrogens is 238 g/mol. The Morgan fingerprint density at radius 3 is 2.50 bits per heavy atom. The fourth-order valence-electron chi connectivity index (χ4n) is 1.09. The zero-order valence-corrected chi connectivity index (χ0v) is 11.1. The lowest BCUT2D eigenvalue weighted by atomic mass is 10.2. The van der Waals surface area contributed by atoms with E-state index in [0.717, 1.165) is 9.75 Å². The Bertz CT molecular complexity index is 447. The van der Waals surface area contributed by atoms with Crippen LogP contribution in [0.1, 0.15) is 31.3 Å². The second kappa shape index (κ2) is 5.18. The minimum absolute atomic E-state index is 0.102. The van der Waals surface area contributed by atoms with E-state index in [0.29, 0.717) is 0 Å². The van der Waals surface area contributed by atoms with Crippen LogP contribution in [-0.4, -0.2) is 46.6 Å². The van der Waals surface area contributed by atoms with Crippen LogP contribution in [0.3, 0.4) is 0 Å². The van der Waals surface area contributed by atoms with Crippen molar-refractivity contribution in [3.8, 4) is 0 Å². The zero-order valence-electron chi connectivity index (χ0n) is 11.1. The Morgan fingerprint density at radius 2 is 2.00 bits per heavy atom. The lowest BCUT2D eigenvalue weighted by Gasteiger charge is -2.18. The minimum atomic E-state index is -0.637. The molecule has 0 fully saturated rings. The first-order valence-corrected chi connectivity index (χ1v) is 5.36. The highest BCUT2D eigenvalue weighted by atomic mass is 16.7. The van der Waals surface area contributed by atoms with Crippen molar-refractivity contribution >= 4 is 12.0 Å². The van der Waals surface area contributed by atoms with E-state index in [2.05, 4.69) is 5.10 Å². The summed E-state index contributed by atoms with van der Waals surface area (Å²) in [6, 6.07) is 1.42. The van der Waals surface area contributed by atoms with Crippen LogP contribution in [0.25, 0.3) is 0 Å². The number of amides is 1. The van der Waals surface area contributed by atoms with Gasteiger partial charge in [-0.15, -0.1) is 0 Å². The molecule has 0 unspecified atom stereocenters. The number of aromatic nitrogens is 2. The van der Waals surface area contributed by atoms with Crippen LogP contribution >= 0.6 is 0 Å². The molecule has 100 valence electrons. The average molecular weight is 255 g/mol. The first kappa shape index (κ1) is 14.2. The SMILES string of the molecule is CON(C)C(=O)c1ccn(C(=O)OC(C)(C)C)n1. The standard InChI is InChI=1S/C11H17N3O4/c1-11(2,3)18-10(16)14-7-6-8(12-14)9(15)13(4)17-5/h6-7H,1-5H3. The number of carbonyl (C=O) groups is 2. The number of hydroxylamine groups is 2. The molecule has 0 radical (unpaired) electrons. The largest absolute Gasteiger partial charge is 0.442 e. The first-order valence-electron chi connectivity index (χ1n) is 5.36. The van der Waals surface area contributed by atoms with Gasteiger partial charge in [0.05, 0.1) is 7.11 Å². The second-order valence-corrected chi connectivity index (χ2v) is 4.61. The normalized spacial score (nSPS) is 11.2. The summed E-state index contributed by atoms with van der Waals surface area (Å²) >= 11 is 0. The van der Waals surface area contributed by atoms with Gasteiger partial charge in [-0.1, -0.05) is 0 Å². The molecule has 18 heavy (non-hydrogen) atoms. The molecule has 0 saturated carbocycles. The van der Waals surface area contributed by atoms with Crippen molar-refractivity contribution < 1.29 is 19.2 Å². The molecule has 0 aliphatic rings. The van der Waals surface area contributed by atoms with Crippen molar-refractivity contribution in [2.75, 3.05) is 14.2 Å². The van der Waals surface area contributed by atoms with E-state index in [1.807, 2.05) is 0 Å². The fraction of sp³-hybridized carbons (Fsp3) is 0.545. The molecule has 1 amide bonds. The predicted molar refractivity (Wildman–Crippen MR) is 63.0 cm³/mol. The maximum atomic E-state index is 11.7. The molecule has 7 nitrogen and oxygen atoms in total. The second-order valence-electron chi connectivity index (χ2n) is 4.61. The summed E-state index contributed by atoms with van der Waals surface area (Å²) in [6.45, 7) is 5.25. The maximum Gasteiger partial charge on any atom is 0.435 e. The Morgan fingerprint density at radius 1 is 1.39 bits per heavy atom. The van der Waals surface area contributed by atoms with E-state index in [1.165, 1.54) is 26.4 Å². The van der Waals surface area contributed by atoms with Gasteiger partial charge in [0.25, 0.3) is 5.91 Å². The molecule has 0 bridgehead atoms. The molecule has 0 aliphatic carbocycles. The molecule has 0 aromatic carbocycles. The molecule has 1 rings (SSSR count). The van der Waals surface area contributed by atoms with Crippen LogP contribution in [-0.2, 0) is 9.57 Å². The van der Waals surface area contributed by atoms with Crippen molar-refractivity contribution in [3.05, 3.63) is 18.0 Å². The summed E-state index contributed by atoms with van der Waals surface area (Å²) in [4.78, 5) is 28.1. The quantitative estimate of drug-likeness (QED) is 0.745. The molecule has 0 saturated heterocycles. The summed E-state index contributed by atoms with van der Waals surface area (Å²) in [5, 5.41) is 4.85. The van der Waals surface area contributed by atoms with Gasteiger partial charge in [0, 0.05) is 13.2 Å². The maximum absolute atomic E-state index is 11.7. The summed E-state index contributed by atoms with van der Waals surface area (Å²) in [5.41, 5.74) is -0.513. The molecule has 7 heteroatoms. The molecule has 0 N–H and O–H groups in total. The van der Waals surface area contributed by atoms with Gasteiger partial charge in [-0.05, 0) is 26.8 Å². The van der Waals surface area contributed by atoms with Gasteiger partial charge in [-0.2, -0.15) is 9.78 Å². The molecule has 0 spiro atoms. The average Bonchev–Trinajstić information content (AvgIpc) is 2.73. The van der Waals surface area contributed by atoms with E-state index in [9.17, 15) is 9.59 Å². The summed E-state index contributed by atoms with van der Waals surface area (Å²) in [6.07, 6.45) is 0.728. The Hall–Kier alpha value is -1.89. The van der Waals surface area contributed by atoms with Crippen LogP contribution in [0.5, 0.6) is 0 Å². The van der Waals surface area contributed by atoms with Gasteiger partial charge in [0.1, 0.15) is 5.60 Å². The number of nitrogens with zero attached hydrogens (tertiary/aromatic N) is 3. The number of carbonyl (C=O) groups excluding carboxylic acids is 2. The monoisotopic (exact) mass is 255 g/mol. The van der Waals surface area contributed by atoms with E-state index >= 15 is 0 Å². The third-order valence-electron chi connectivity index (χ3n) is 1.95. The van der Waals surface area contributed by atoms with Gasteiger partial charge >= 0.3 is 6.09 Å². The van der Waals surface area contributed by atoms with Crippen molar-refractivity contribution in [3.63, 3.8) is 0 Å². The molecule has 1 aromatic rings. The van der Waals surface area contributed by atoms with Crippen LogP contribution in [0.4, 0.5) is 4.79 Å². The minimum Gasteiger partial charge on any atom is -0.442 e. The molecule has 0 atom stereocenters. The molecular formula is C11H17N3O4. The molecule has 1 heterocycles. The number of hydrogen-bond acceptors (Lipinski definition) is 5. The van der Waals surface area contributed by atoms with Crippen molar-refractivity contribution in [2.24, 2.45) is 0 Å². The van der Waals surface area contributed by atoms with Gasteiger partial charge in [0.2, 0.25) is 0 Å². The Labute approximate surface area is 105 Å². The lowest BCUT2D eigenvalue weighted by molar-refractivity contribution is -0.0760. The third-order valence-corrected chi connectivity index (χ3v) is 1.95. The van der Waals surface area contributed by atoms with E-state index in [4.69, 9.17) is 9.57 Å². The zero-order chi connectivity index (χ0) is 13.9. The summed E-state index contributed by atoms with van der Waals surface area (Å²) in [7, 11) is 2.82. The van der Waals surface area contributed by atoms with Crippen LogP contribution in [0.15, 0.2) is 12.3 Å². The van der Waals surface area contributed by atoms with E-state index in [-0.39, 0.29) is 5.69 Å². The smallest absolute Gasteiger partial charge is 0.435 e. The van der Waals surface area contributed by atoms with E-state index in [1.54, 1.807) is 20.8 Å². The van der Waals surface area contributed by atoms with Crippen LogP contribution in [0.2, 0.25) is 0 Å². The number of hydrogen-bond donors (Lipinski definition) is 0. The third kappa shape index (κ3) is 3.56. The van der Waals surface area contributed by atoms with Crippen molar-refractivity contribution in [1.29, 1.82) is 0 Å². The fourth-order valence-corrected chi connectivity index (χ4v) is 1.09. The van der Waals surface area contributed by atoms with Crippen molar-refractivity contribution in [2.45, 2.75) is 26.4 Å². The highest BCUT2D eigenvalue weighted by molar-refractivity contribution is 5.91. The van der Waals surface area contributed by atoms with Crippen LogP contribution < -0.4 is 0 Å². The summed E-state index contributed by atoms with van der Waals surface area (Å²) < 4.78 is 6.08. The van der Waals surface area contributed by atoms with Crippen LogP contribution in [0, 0.1) is 0 Å². The highest BCUT2D eigenvalue weighted by Crippen LogP contribution is 2.09. The van der Waals surface area contributed by atoms with Gasteiger partial charge in [0.15, 0.2) is 5.69 Å². The first-order chi connectivity index (χ1) is 8.24. The Kier molecular flexibility index (Phi) is 4.07. The molecule has 1 aromatic heterocycles. The predicted octanol–water partition coefficient (Wildman–Crippen LogP) is 1.30. The lowest BCUT2D eigenvalue weighted by Crippen LogP contribution is -2.29. The summed E-state index contributed by atoms with van der Waals surface area (Å²) in [5.74, 6) is -0.445. The Balaban J connectivity index is 2.81. The highest BCUT2D eigenvalue weighted by Gasteiger charge is 2.21. The topological polar surface area (TPSA) is 73.7 Å². The van der Waals surface area contributed by atoms with Crippen molar-refractivity contribution in [1.82, 2.24) is 14.8 Å². The number of rotatable bonds is 2. The molecule has 0 aliphatic heterocycles.